The molecule has 0 aliphatic heterocycles. The summed E-state index contributed by atoms with van der Waals surface area (Å²) in [7, 11) is 0. The molecule has 112 valence electrons. The van der Waals surface area contributed by atoms with Crippen molar-refractivity contribution in [3.05, 3.63) is 24.3 Å². The molecule has 0 unspecified atom stereocenters. The molecule has 0 saturated heterocycles. The van der Waals surface area contributed by atoms with E-state index < -0.39 is 0 Å². The lowest BCUT2D eigenvalue weighted by Crippen LogP contribution is -2.03. The van der Waals surface area contributed by atoms with E-state index in [2.05, 4.69) is 40.7 Å². The average Bonchev–Trinajstić information content (AvgIpc) is 2.30. The molecule has 0 heterocycles. The van der Waals surface area contributed by atoms with E-state index in [1.807, 2.05) is 6.08 Å². The van der Waals surface area contributed by atoms with Crippen molar-refractivity contribution in [1.29, 1.82) is 0 Å². The first-order valence-corrected chi connectivity index (χ1v) is 7.67. The molecule has 0 aromatic heterocycles. The molecule has 0 saturated carbocycles. The second-order valence-electron chi connectivity index (χ2n) is 6.20. The van der Waals surface area contributed by atoms with E-state index in [0.717, 1.165) is 6.42 Å². The summed E-state index contributed by atoms with van der Waals surface area (Å²) in [5.41, 5.74) is 0.552. The molecule has 0 aliphatic rings. The fourth-order valence-electron chi connectivity index (χ4n) is 1.39. The highest BCUT2D eigenvalue weighted by molar-refractivity contribution is 5.87. The molecule has 0 bridgehead atoms. The van der Waals surface area contributed by atoms with Crippen molar-refractivity contribution in [1.82, 2.24) is 0 Å². The van der Waals surface area contributed by atoms with E-state index in [4.69, 9.17) is 0 Å². The highest BCUT2D eigenvalue weighted by Crippen LogP contribution is 2.20. The maximum absolute atomic E-state index is 10.4. The van der Waals surface area contributed by atoms with Crippen LogP contribution in [0.4, 0.5) is 0 Å². The van der Waals surface area contributed by atoms with Gasteiger partial charge in [0.2, 0.25) is 0 Å². The minimum absolute atomic E-state index is 0.102. The van der Waals surface area contributed by atoms with E-state index >= 15 is 0 Å². The van der Waals surface area contributed by atoms with Crippen LogP contribution in [0.2, 0.25) is 0 Å². The van der Waals surface area contributed by atoms with Gasteiger partial charge in [-0.05, 0) is 31.3 Å². The number of rotatable bonds is 7. The lowest BCUT2D eigenvalue weighted by atomic mass is 9.90. The summed E-state index contributed by atoms with van der Waals surface area (Å²) >= 11 is 0. The molecular weight excluding hydrogens is 232 g/mol. The van der Waals surface area contributed by atoms with Gasteiger partial charge >= 0.3 is 0 Å². The van der Waals surface area contributed by atoms with Crippen LogP contribution in [0.3, 0.4) is 0 Å². The number of unbranched alkanes of at least 4 members (excludes halogenated alkanes) is 3. The average molecular weight is 266 g/mol. The van der Waals surface area contributed by atoms with E-state index in [9.17, 15) is 4.79 Å². The number of carbonyl (C=O) groups excluding carboxylic acids is 1. The van der Waals surface area contributed by atoms with Crippen molar-refractivity contribution >= 4 is 5.78 Å². The van der Waals surface area contributed by atoms with Crippen LogP contribution in [0.5, 0.6) is 0 Å². The molecule has 0 atom stereocenters. The zero-order chi connectivity index (χ0) is 15.1. The Labute approximate surface area is 121 Å². The predicted molar refractivity (Wildman–Crippen MR) is 87.5 cm³/mol. The highest BCUT2D eigenvalue weighted by atomic mass is 16.1. The Morgan fingerprint density at radius 1 is 1.00 bits per heavy atom. The fraction of sp³-hybridized carbons (Fsp3) is 0.722. The number of ketones is 1. The molecular formula is C18H34O. The van der Waals surface area contributed by atoms with Crippen molar-refractivity contribution in [3.63, 3.8) is 0 Å². The van der Waals surface area contributed by atoms with Gasteiger partial charge < -0.3 is 0 Å². The summed E-state index contributed by atoms with van der Waals surface area (Å²) in [5, 5.41) is 0. The first kappa shape index (κ1) is 20.5. The Balaban J connectivity index is 0. The molecule has 0 fully saturated rings. The van der Waals surface area contributed by atoms with E-state index in [0.29, 0.717) is 5.41 Å². The van der Waals surface area contributed by atoms with Gasteiger partial charge in [-0.25, -0.2) is 0 Å². The van der Waals surface area contributed by atoms with E-state index in [-0.39, 0.29) is 5.78 Å². The van der Waals surface area contributed by atoms with Crippen LogP contribution in [-0.2, 0) is 4.79 Å². The molecule has 0 rings (SSSR count). The summed E-state index contributed by atoms with van der Waals surface area (Å²) in [6.07, 6.45) is 15.0. The molecule has 0 spiro atoms. The quantitative estimate of drug-likeness (QED) is 0.309. The molecule has 1 heteroatoms. The standard InChI is InChI=1S/C10H16O.C8H18/c1-3-4-5-6-7-8-9-10(2)11;1-5-6-7-8(2,3)4/h6-9H,3-5H2,1-2H3;5-7H2,1-4H3/b7-6+,9-8+;. The lowest BCUT2D eigenvalue weighted by Gasteiger charge is -2.16. The van der Waals surface area contributed by atoms with Gasteiger partial charge in [0.1, 0.15) is 0 Å². The van der Waals surface area contributed by atoms with Gasteiger partial charge in [-0.15, -0.1) is 0 Å². The van der Waals surface area contributed by atoms with Gasteiger partial charge in [0.05, 0.1) is 0 Å². The summed E-state index contributed by atoms with van der Waals surface area (Å²) in [5.74, 6) is 0.102. The van der Waals surface area contributed by atoms with Crippen LogP contribution >= 0.6 is 0 Å². The molecule has 0 amide bonds. The van der Waals surface area contributed by atoms with Gasteiger partial charge in [0.15, 0.2) is 5.78 Å². The van der Waals surface area contributed by atoms with Crippen molar-refractivity contribution in [3.8, 4) is 0 Å². The number of hydrogen-bond acceptors (Lipinski definition) is 1. The third-order valence-corrected chi connectivity index (χ3v) is 2.58. The van der Waals surface area contributed by atoms with Gasteiger partial charge in [0.25, 0.3) is 0 Å². The maximum Gasteiger partial charge on any atom is 0.152 e. The first-order valence-electron chi connectivity index (χ1n) is 7.67. The Hall–Kier alpha value is -0.850. The van der Waals surface area contributed by atoms with Gasteiger partial charge in [0, 0.05) is 0 Å². The largest absolute Gasteiger partial charge is 0.295 e. The molecule has 0 aromatic rings. The van der Waals surface area contributed by atoms with Gasteiger partial charge in [-0.3, -0.25) is 4.79 Å². The van der Waals surface area contributed by atoms with E-state index in [1.54, 1.807) is 19.1 Å². The number of carbonyl (C=O) groups is 1. The van der Waals surface area contributed by atoms with Gasteiger partial charge in [-0.1, -0.05) is 78.5 Å². The van der Waals surface area contributed by atoms with Crippen molar-refractivity contribution in [2.75, 3.05) is 0 Å². The second-order valence-corrected chi connectivity index (χ2v) is 6.20. The molecule has 0 radical (unpaired) electrons. The zero-order valence-corrected chi connectivity index (χ0v) is 14.0. The van der Waals surface area contributed by atoms with Crippen LogP contribution in [0.15, 0.2) is 24.3 Å². The summed E-state index contributed by atoms with van der Waals surface area (Å²) in [6, 6.07) is 0. The number of hydrogen-bond donors (Lipinski definition) is 0. The SMILES string of the molecule is CCCC/C=C/C=C/C(C)=O.CCCCC(C)(C)C. The fourth-order valence-corrected chi connectivity index (χ4v) is 1.39. The van der Waals surface area contributed by atoms with Crippen LogP contribution < -0.4 is 0 Å². The third-order valence-electron chi connectivity index (χ3n) is 2.58. The molecule has 1 nitrogen and oxygen atoms in total. The zero-order valence-electron chi connectivity index (χ0n) is 14.0. The second kappa shape index (κ2) is 13.6. The van der Waals surface area contributed by atoms with Crippen LogP contribution in [0, 0.1) is 5.41 Å². The normalized spacial score (nSPS) is 11.7. The van der Waals surface area contributed by atoms with Crippen molar-refractivity contribution in [2.45, 2.75) is 80.1 Å². The Bertz CT molecular complexity index is 253. The van der Waals surface area contributed by atoms with Crippen LogP contribution in [-0.4, -0.2) is 5.78 Å². The summed E-state index contributed by atoms with van der Waals surface area (Å²) in [4.78, 5) is 10.4. The van der Waals surface area contributed by atoms with Crippen molar-refractivity contribution < 1.29 is 4.79 Å². The van der Waals surface area contributed by atoms with Gasteiger partial charge in [-0.2, -0.15) is 0 Å². The van der Waals surface area contributed by atoms with Crippen molar-refractivity contribution in [2.24, 2.45) is 5.41 Å². The molecule has 19 heavy (non-hydrogen) atoms. The predicted octanol–water partition coefficient (Wildman–Crippen LogP) is 6.10. The Morgan fingerprint density at radius 2 is 1.58 bits per heavy atom. The monoisotopic (exact) mass is 266 g/mol. The van der Waals surface area contributed by atoms with Crippen LogP contribution in [0.1, 0.15) is 80.1 Å². The minimum Gasteiger partial charge on any atom is -0.295 e. The van der Waals surface area contributed by atoms with E-state index in [1.165, 1.54) is 32.1 Å². The third kappa shape index (κ3) is 26.7. The highest BCUT2D eigenvalue weighted by Gasteiger charge is 2.07. The smallest absolute Gasteiger partial charge is 0.152 e. The molecule has 0 aliphatic carbocycles. The number of allylic oxidation sites excluding steroid dienone is 4. The maximum atomic E-state index is 10.4. The molecule has 0 N–H and O–H groups in total. The summed E-state index contributed by atoms with van der Waals surface area (Å²) < 4.78 is 0. The Morgan fingerprint density at radius 3 is 1.95 bits per heavy atom. The first-order chi connectivity index (χ1) is 8.83. The van der Waals surface area contributed by atoms with Crippen LogP contribution in [0.25, 0.3) is 0 Å². The topological polar surface area (TPSA) is 17.1 Å². The lowest BCUT2D eigenvalue weighted by molar-refractivity contribution is -0.112. The summed E-state index contributed by atoms with van der Waals surface area (Å²) in [6.45, 7) is 12.8. The molecule has 0 aromatic carbocycles. The minimum atomic E-state index is 0.102. The Kier molecular flexibility index (Phi) is 14.6.